The van der Waals surface area contributed by atoms with Gasteiger partial charge in [-0.15, -0.1) is 0 Å². The number of hydrogen-bond donors (Lipinski definition) is 2. The maximum atomic E-state index is 12.2. The molecule has 1 atom stereocenters. The average molecular weight is 294 g/mol. The summed E-state index contributed by atoms with van der Waals surface area (Å²) in [4.78, 5) is 25.0. The van der Waals surface area contributed by atoms with Crippen LogP contribution in [0.15, 0.2) is 24.3 Å². The lowest BCUT2D eigenvalue weighted by Gasteiger charge is -2.21. The smallest absolute Gasteiger partial charge is 0.326 e. The Balaban J connectivity index is 2.03. The van der Waals surface area contributed by atoms with Crippen LogP contribution in [0.3, 0.4) is 0 Å². The van der Waals surface area contributed by atoms with Crippen molar-refractivity contribution in [2.24, 2.45) is 0 Å². The molecule has 0 radical (unpaired) electrons. The second-order valence-electron chi connectivity index (χ2n) is 4.65. The number of carbonyl (C=O) groups excluding carboxylic acids is 1. The van der Waals surface area contributed by atoms with Crippen LogP contribution < -0.4 is 10.2 Å². The number of hydrogen-bond acceptors (Lipinski definition) is 3. The summed E-state index contributed by atoms with van der Waals surface area (Å²) in [7, 11) is 0. The number of benzene rings is 1. The predicted octanol–water partition coefficient (Wildman–Crippen LogP) is 1.96. The largest absolute Gasteiger partial charge is 0.480 e. The van der Waals surface area contributed by atoms with E-state index in [2.05, 4.69) is 5.32 Å². The third-order valence-electron chi connectivity index (χ3n) is 3.34. The number of anilines is 1. The fourth-order valence-corrected chi connectivity index (χ4v) is 2.74. The molecule has 0 spiro atoms. The number of nitrogens with zero attached hydrogens (tertiary/aromatic N) is 1. The number of aliphatic carboxylic acids is 1. The van der Waals surface area contributed by atoms with Gasteiger partial charge in [0.15, 0.2) is 0 Å². The number of carboxylic acid groups (broad SMARTS) is 1. The van der Waals surface area contributed by atoms with Gasteiger partial charge < -0.3 is 10.4 Å². The number of carbonyl (C=O) groups is 2. The van der Waals surface area contributed by atoms with Crippen molar-refractivity contribution in [3.8, 4) is 0 Å². The van der Waals surface area contributed by atoms with E-state index in [1.54, 1.807) is 16.7 Å². The molecule has 1 aromatic carbocycles. The first-order valence-corrected chi connectivity index (χ1v) is 7.90. The van der Waals surface area contributed by atoms with E-state index in [1.165, 1.54) is 0 Å². The zero-order valence-electron chi connectivity index (χ0n) is 11.3. The van der Waals surface area contributed by atoms with E-state index in [0.29, 0.717) is 18.7 Å². The fraction of sp³-hybridized carbons (Fsp3) is 0.429. The van der Waals surface area contributed by atoms with Gasteiger partial charge in [0.2, 0.25) is 0 Å². The van der Waals surface area contributed by atoms with Crippen LogP contribution in [-0.4, -0.2) is 41.7 Å². The van der Waals surface area contributed by atoms with E-state index in [4.69, 9.17) is 5.11 Å². The van der Waals surface area contributed by atoms with Gasteiger partial charge in [-0.2, -0.15) is 11.8 Å². The first-order valence-electron chi connectivity index (χ1n) is 6.51. The van der Waals surface area contributed by atoms with E-state index in [9.17, 15) is 9.59 Å². The van der Waals surface area contributed by atoms with Crippen molar-refractivity contribution in [3.63, 3.8) is 0 Å². The molecule has 1 heterocycles. The molecule has 6 heteroatoms. The van der Waals surface area contributed by atoms with Crippen molar-refractivity contribution in [2.75, 3.05) is 23.5 Å². The van der Waals surface area contributed by atoms with Crippen LogP contribution in [0.1, 0.15) is 12.0 Å². The normalized spacial score (nSPS) is 14.8. The molecule has 20 heavy (non-hydrogen) atoms. The maximum absolute atomic E-state index is 12.2. The molecule has 2 amide bonds. The molecule has 2 N–H and O–H groups in total. The molecule has 0 unspecified atom stereocenters. The highest BCUT2D eigenvalue weighted by molar-refractivity contribution is 7.98. The minimum absolute atomic E-state index is 0.330. The van der Waals surface area contributed by atoms with Crippen LogP contribution in [0.25, 0.3) is 0 Å². The molecule has 0 bridgehead atoms. The molecule has 0 saturated carbocycles. The molecule has 0 aliphatic carbocycles. The van der Waals surface area contributed by atoms with Crippen LogP contribution in [0.2, 0.25) is 0 Å². The lowest BCUT2D eigenvalue weighted by molar-refractivity contribution is -0.139. The zero-order chi connectivity index (χ0) is 14.5. The van der Waals surface area contributed by atoms with Gasteiger partial charge in [-0.25, -0.2) is 9.59 Å². The Morgan fingerprint density at radius 1 is 1.45 bits per heavy atom. The summed E-state index contributed by atoms with van der Waals surface area (Å²) in [5.41, 5.74) is 2.00. The number of fused-ring (bicyclic) bond motifs is 1. The Labute approximate surface area is 122 Å². The summed E-state index contributed by atoms with van der Waals surface area (Å²) in [6.07, 6.45) is 3.15. The third kappa shape index (κ3) is 3.25. The second kappa shape index (κ2) is 6.65. The van der Waals surface area contributed by atoms with Crippen molar-refractivity contribution in [3.05, 3.63) is 29.8 Å². The number of para-hydroxylation sites is 1. The van der Waals surface area contributed by atoms with Crippen LogP contribution in [0, 0.1) is 0 Å². The molecule has 1 aliphatic rings. The molecule has 0 saturated heterocycles. The number of nitrogens with one attached hydrogen (secondary N) is 1. The summed E-state index contributed by atoms with van der Waals surface area (Å²) in [6.45, 7) is 0.597. The summed E-state index contributed by atoms with van der Waals surface area (Å²) in [5.74, 6) is -0.284. The Kier molecular flexibility index (Phi) is 4.89. The first-order chi connectivity index (χ1) is 9.63. The monoisotopic (exact) mass is 294 g/mol. The van der Waals surface area contributed by atoms with Gasteiger partial charge in [0.1, 0.15) is 6.04 Å². The molecule has 0 fully saturated rings. The van der Waals surface area contributed by atoms with E-state index >= 15 is 0 Å². The summed E-state index contributed by atoms with van der Waals surface area (Å²) >= 11 is 1.57. The summed E-state index contributed by atoms with van der Waals surface area (Å²) < 4.78 is 0. The molecule has 108 valence electrons. The molecular weight excluding hydrogens is 276 g/mol. The molecule has 0 aromatic heterocycles. The Morgan fingerprint density at radius 2 is 2.20 bits per heavy atom. The highest BCUT2D eigenvalue weighted by Gasteiger charge is 2.27. The van der Waals surface area contributed by atoms with Crippen LogP contribution in [0.5, 0.6) is 0 Å². The second-order valence-corrected chi connectivity index (χ2v) is 5.64. The number of carboxylic acids is 1. The van der Waals surface area contributed by atoms with Gasteiger partial charge in [-0.3, -0.25) is 4.90 Å². The predicted molar refractivity (Wildman–Crippen MR) is 80.4 cm³/mol. The van der Waals surface area contributed by atoms with Gasteiger partial charge >= 0.3 is 12.0 Å². The Bertz CT molecular complexity index is 507. The van der Waals surface area contributed by atoms with Crippen molar-refractivity contribution >= 4 is 29.4 Å². The minimum Gasteiger partial charge on any atom is -0.480 e. The number of rotatable bonds is 5. The summed E-state index contributed by atoms with van der Waals surface area (Å²) in [6, 6.07) is 6.54. The topological polar surface area (TPSA) is 69.6 Å². The standard InChI is InChI=1S/C14H18N2O3S/c1-20-9-7-11(13(17)18)15-14(19)16-8-6-10-4-2-3-5-12(10)16/h2-5,11H,6-9H2,1H3,(H,15,19)(H,17,18)/t11-/m1/s1. The quantitative estimate of drug-likeness (QED) is 0.871. The van der Waals surface area contributed by atoms with Crippen molar-refractivity contribution in [1.29, 1.82) is 0 Å². The molecule has 1 aliphatic heterocycles. The molecule has 1 aromatic rings. The van der Waals surface area contributed by atoms with Gasteiger partial charge in [0, 0.05) is 12.2 Å². The maximum Gasteiger partial charge on any atom is 0.326 e. The summed E-state index contributed by atoms with van der Waals surface area (Å²) in [5, 5.41) is 11.8. The van der Waals surface area contributed by atoms with Gasteiger partial charge in [0.25, 0.3) is 0 Å². The number of urea groups is 1. The molecule has 2 rings (SSSR count). The van der Waals surface area contributed by atoms with Crippen LogP contribution in [-0.2, 0) is 11.2 Å². The van der Waals surface area contributed by atoms with Crippen LogP contribution in [0.4, 0.5) is 10.5 Å². The van der Waals surface area contributed by atoms with Gasteiger partial charge in [-0.05, 0) is 36.5 Å². The van der Waals surface area contributed by atoms with Crippen molar-refractivity contribution in [2.45, 2.75) is 18.9 Å². The molecular formula is C14H18N2O3S. The van der Waals surface area contributed by atoms with Crippen molar-refractivity contribution < 1.29 is 14.7 Å². The van der Waals surface area contributed by atoms with E-state index in [0.717, 1.165) is 17.7 Å². The minimum atomic E-state index is -0.986. The third-order valence-corrected chi connectivity index (χ3v) is 3.98. The lowest BCUT2D eigenvalue weighted by atomic mass is 10.2. The molecule has 5 nitrogen and oxygen atoms in total. The number of thioether (sulfide) groups is 1. The van der Waals surface area contributed by atoms with E-state index < -0.39 is 12.0 Å². The van der Waals surface area contributed by atoms with Crippen LogP contribution >= 0.6 is 11.8 Å². The zero-order valence-corrected chi connectivity index (χ0v) is 12.2. The lowest BCUT2D eigenvalue weighted by Crippen LogP contribution is -2.47. The van der Waals surface area contributed by atoms with Gasteiger partial charge in [0.05, 0.1) is 0 Å². The first kappa shape index (κ1) is 14.7. The Morgan fingerprint density at radius 3 is 2.90 bits per heavy atom. The van der Waals surface area contributed by atoms with E-state index in [1.807, 2.05) is 30.5 Å². The Hall–Kier alpha value is -1.69. The van der Waals surface area contributed by atoms with E-state index in [-0.39, 0.29) is 6.03 Å². The highest BCUT2D eigenvalue weighted by Crippen LogP contribution is 2.27. The number of amides is 2. The van der Waals surface area contributed by atoms with Gasteiger partial charge in [-0.1, -0.05) is 18.2 Å². The highest BCUT2D eigenvalue weighted by atomic mass is 32.2. The fourth-order valence-electron chi connectivity index (χ4n) is 2.27. The van der Waals surface area contributed by atoms with Crippen molar-refractivity contribution in [1.82, 2.24) is 5.32 Å². The SMILES string of the molecule is CSCC[C@@H](NC(=O)N1CCc2ccccc21)C(=O)O. The average Bonchev–Trinajstić information content (AvgIpc) is 2.87.